The summed E-state index contributed by atoms with van der Waals surface area (Å²) in [6.07, 6.45) is 6.88. The normalized spacial score (nSPS) is 26.1. The summed E-state index contributed by atoms with van der Waals surface area (Å²) in [6.45, 7) is 8.69. The van der Waals surface area contributed by atoms with E-state index in [1.807, 2.05) is 6.07 Å². The zero-order chi connectivity index (χ0) is 24.6. The fourth-order valence-electron chi connectivity index (χ4n) is 5.66. The number of pyridine rings is 1. The number of aromatic nitrogens is 3. The van der Waals surface area contributed by atoms with Crippen LogP contribution in [0.2, 0.25) is 5.02 Å². The minimum Gasteiger partial charge on any atom is -0.396 e. The Morgan fingerprint density at radius 1 is 1.14 bits per heavy atom. The first-order valence-corrected chi connectivity index (χ1v) is 13.6. The molecule has 2 aromatic rings. The number of hydrogen-bond donors (Lipinski definition) is 2. The van der Waals surface area contributed by atoms with Crippen LogP contribution in [0, 0.1) is 17.3 Å². The SMILES string of the molecule is C[C@@H]1OCC2(CCN(c3ncc(Sc4ccnc(N5CCC(CO)C5)c4Cl)nc3CO)CC2)[C@@H]1C. The molecule has 190 valence electrons. The number of aliphatic hydroxyl groups is 2. The summed E-state index contributed by atoms with van der Waals surface area (Å²) in [7, 11) is 0. The van der Waals surface area contributed by atoms with Crippen molar-refractivity contribution < 1.29 is 14.9 Å². The molecule has 5 heterocycles. The fourth-order valence-corrected chi connectivity index (χ4v) is 6.80. The van der Waals surface area contributed by atoms with Gasteiger partial charge in [-0.3, -0.25) is 0 Å². The van der Waals surface area contributed by atoms with E-state index in [0.29, 0.717) is 27.8 Å². The molecule has 3 aliphatic heterocycles. The molecule has 1 unspecified atom stereocenters. The Kier molecular flexibility index (Phi) is 7.42. The van der Waals surface area contributed by atoms with Crippen molar-refractivity contribution in [3.05, 3.63) is 29.2 Å². The van der Waals surface area contributed by atoms with Gasteiger partial charge in [-0.1, -0.05) is 30.3 Å². The monoisotopic (exact) mass is 519 g/mol. The lowest BCUT2D eigenvalue weighted by Gasteiger charge is -2.42. The molecule has 10 heteroatoms. The highest BCUT2D eigenvalue weighted by molar-refractivity contribution is 7.99. The summed E-state index contributed by atoms with van der Waals surface area (Å²) in [5.41, 5.74) is 0.840. The molecular weight excluding hydrogens is 486 g/mol. The van der Waals surface area contributed by atoms with Crippen molar-refractivity contribution in [3.63, 3.8) is 0 Å². The van der Waals surface area contributed by atoms with Crippen molar-refractivity contribution in [3.8, 4) is 0 Å². The maximum absolute atomic E-state index is 10.1. The van der Waals surface area contributed by atoms with Crippen LogP contribution in [0.15, 0.2) is 28.4 Å². The van der Waals surface area contributed by atoms with Gasteiger partial charge in [-0.25, -0.2) is 15.0 Å². The average Bonchev–Trinajstić information content (AvgIpc) is 3.47. The minimum atomic E-state index is -0.166. The van der Waals surface area contributed by atoms with Crippen molar-refractivity contribution in [2.24, 2.45) is 17.3 Å². The largest absolute Gasteiger partial charge is 0.396 e. The summed E-state index contributed by atoms with van der Waals surface area (Å²) in [4.78, 5) is 19.2. The number of halogens is 1. The summed E-state index contributed by atoms with van der Waals surface area (Å²) in [5, 5.41) is 20.8. The summed E-state index contributed by atoms with van der Waals surface area (Å²) in [5.74, 6) is 2.31. The quantitative estimate of drug-likeness (QED) is 0.593. The van der Waals surface area contributed by atoms with Gasteiger partial charge in [0.25, 0.3) is 0 Å². The lowest BCUT2D eigenvalue weighted by molar-refractivity contribution is 0.0969. The zero-order valence-corrected chi connectivity index (χ0v) is 21.9. The third-order valence-electron chi connectivity index (χ3n) is 8.21. The van der Waals surface area contributed by atoms with E-state index in [0.717, 1.165) is 68.6 Å². The number of rotatable bonds is 6. The van der Waals surface area contributed by atoms with Crippen molar-refractivity contribution in [1.82, 2.24) is 15.0 Å². The van der Waals surface area contributed by atoms with Crippen LogP contribution in [-0.2, 0) is 11.3 Å². The number of anilines is 2. The van der Waals surface area contributed by atoms with E-state index in [2.05, 4.69) is 28.6 Å². The molecule has 3 fully saturated rings. The van der Waals surface area contributed by atoms with E-state index in [4.69, 9.17) is 26.3 Å². The molecule has 0 radical (unpaired) electrons. The number of nitrogens with zero attached hydrogens (tertiary/aromatic N) is 5. The Morgan fingerprint density at radius 3 is 2.60 bits per heavy atom. The minimum absolute atomic E-state index is 0.166. The number of ether oxygens (including phenoxy) is 1. The van der Waals surface area contributed by atoms with Gasteiger partial charge in [-0.05, 0) is 38.2 Å². The number of aliphatic hydroxyl groups excluding tert-OH is 2. The fraction of sp³-hybridized carbons (Fsp3) is 0.640. The molecule has 3 atom stereocenters. The standard InChI is InChI=1S/C25H34ClN5O3S/c1-16-17(2)34-15-25(16)5-9-30(10-6-25)23-19(14-33)29-21(11-28-23)35-20-3-7-27-24(22(20)26)31-8-4-18(12-31)13-32/h3,7,11,16-18,32-33H,4-6,8-10,12-15H2,1-2H3/t16-,17+,18?/m1/s1. The van der Waals surface area contributed by atoms with Gasteiger partial charge >= 0.3 is 0 Å². The van der Waals surface area contributed by atoms with Crippen molar-refractivity contribution in [2.45, 2.75) is 55.7 Å². The topological polar surface area (TPSA) is 94.8 Å². The predicted octanol–water partition coefficient (Wildman–Crippen LogP) is 3.63. The van der Waals surface area contributed by atoms with Crippen molar-refractivity contribution >= 4 is 35.0 Å². The van der Waals surface area contributed by atoms with Gasteiger partial charge in [0.05, 0.1) is 30.5 Å². The van der Waals surface area contributed by atoms with Crippen LogP contribution < -0.4 is 9.80 Å². The molecule has 3 aliphatic rings. The molecule has 0 aliphatic carbocycles. The zero-order valence-electron chi connectivity index (χ0n) is 20.4. The van der Waals surface area contributed by atoms with Gasteiger partial charge in [-0.2, -0.15) is 0 Å². The lowest BCUT2D eigenvalue weighted by Crippen LogP contribution is -2.44. The van der Waals surface area contributed by atoms with Crippen molar-refractivity contribution in [2.75, 3.05) is 49.2 Å². The van der Waals surface area contributed by atoms with Crippen LogP contribution in [-0.4, -0.2) is 70.7 Å². The van der Waals surface area contributed by atoms with Gasteiger partial charge in [-0.15, -0.1) is 0 Å². The smallest absolute Gasteiger partial charge is 0.152 e. The summed E-state index contributed by atoms with van der Waals surface area (Å²) < 4.78 is 5.96. The van der Waals surface area contributed by atoms with E-state index < -0.39 is 0 Å². The van der Waals surface area contributed by atoms with Gasteiger partial charge in [0.15, 0.2) is 5.82 Å². The predicted molar refractivity (Wildman–Crippen MR) is 137 cm³/mol. The van der Waals surface area contributed by atoms with E-state index >= 15 is 0 Å². The second kappa shape index (κ2) is 10.4. The average molecular weight is 520 g/mol. The highest BCUT2D eigenvalue weighted by Crippen LogP contribution is 2.47. The highest BCUT2D eigenvalue weighted by Gasteiger charge is 2.47. The number of hydrogen-bond acceptors (Lipinski definition) is 9. The van der Waals surface area contributed by atoms with Gasteiger partial charge in [0.1, 0.15) is 16.5 Å². The van der Waals surface area contributed by atoms with Gasteiger partial charge < -0.3 is 24.7 Å². The second-order valence-corrected chi connectivity index (χ2v) is 11.6. The van der Waals surface area contributed by atoms with E-state index in [1.54, 1.807) is 12.4 Å². The van der Waals surface area contributed by atoms with Crippen LogP contribution in [0.4, 0.5) is 11.6 Å². The van der Waals surface area contributed by atoms with Gasteiger partial charge in [0.2, 0.25) is 0 Å². The van der Waals surface area contributed by atoms with E-state index in [1.165, 1.54) is 11.8 Å². The Labute approximate surface area is 216 Å². The Hall–Kier alpha value is -1.65. The summed E-state index contributed by atoms with van der Waals surface area (Å²) >= 11 is 8.16. The van der Waals surface area contributed by atoms with E-state index in [9.17, 15) is 10.2 Å². The molecular formula is C25H34ClN5O3S. The molecule has 0 amide bonds. The molecule has 3 saturated heterocycles. The second-order valence-electron chi connectivity index (χ2n) is 10.1. The van der Waals surface area contributed by atoms with E-state index in [-0.39, 0.29) is 24.5 Å². The molecule has 1 spiro atoms. The Bertz CT molecular complexity index is 1050. The Morgan fingerprint density at radius 2 is 1.94 bits per heavy atom. The third kappa shape index (κ3) is 4.85. The molecule has 8 nitrogen and oxygen atoms in total. The first-order chi connectivity index (χ1) is 16.9. The molecule has 35 heavy (non-hydrogen) atoms. The Balaban J connectivity index is 1.30. The van der Waals surface area contributed by atoms with Crippen LogP contribution in [0.25, 0.3) is 0 Å². The molecule has 0 bridgehead atoms. The van der Waals surface area contributed by atoms with Crippen LogP contribution >= 0.6 is 23.4 Å². The van der Waals surface area contributed by atoms with Crippen molar-refractivity contribution in [1.29, 1.82) is 0 Å². The van der Waals surface area contributed by atoms with Gasteiger partial charge in [0, 0.05) is 55.2 Å². The lowest BCUT2D eigenvalue weighted by atomic mass is 9.70. The number of piperidine rings is 1. The summed E-state index contributed by atoms with van der Waals surface area (Å²) in [6, 6.07) is 1.88. The first kappa shape index (κ1) is 25.0. The maximum atomic E-state index is 10.1. The molecule has 5 rings (SSSR count). The van der Waals surface area contributed by atoms with Crippen LogP contribution in [0.1, 0.15) is 38.8 Å². The highest BCUT2D eigenvalue weighted by atomic mass is 35.5. The van der Waals surface area contributed by atoms with Crippen LogP contribution in [0.5, 0.6) is 0 Å². The molecule has 0 aromatic carbocycles. The molecule has 2 aromatic heterocycles. The van der Waals surface area contributed by atoms with Crippen LogP contribution in [0.3, 0.4) is 0 Å². The third-order valence-corrected chi connectivity index (χ3v) is 9.66. The maximum Gasteiger partial charge on any atom is 0.152 e. The molecule has 0 saturated carbocycles. The molecule has 2 N–H and O–H groups in total. The first-order valence-electron chi connectivity index (χ1n) is 12.5.